The van der Waals surface area contributed by atoms with Crippen molar-refractivity contribution in [3.63, 3.8) is 0 Å². The topological polar surface area (TPSA) is 38.9 Å². The Morgan fingerprint density at radius 3 is 1.51 bits per heavy atom. The summed E-state index contributed by atoms with van der Waals surface area (Å²) in [5.41, 5.74) is 8.54. The zero-order valence-corrected chi connectivity index (χ0v) is 22.8. The summed E-state index contributed by atoms with van der Waals surface area (Å²) in [4.78, 5) is 2.16. The van der Waals surface area contributed by atoms with Crippen molar-refractivity contribution in [3.8, 4) is 11.4 Å². The molecule has 0 spiro atoms. The predicted molar refractivity (Wildman–Crippen MR) is 137 cm³/mol. The van der Waals surface area contributed by atoms with Crippen LogP contribution in [0.5, 0.6) is 0 Å². The summed E-state index contributed by atoms with van der Waals surface area (Å²) in [7, 11) is 0. The molecule has 5 nitrogen and oxygen atoms in total. The molecule has 6 heteroatoms. The van der Waals surface area contributed by atoms with Gasteiger partial charge in [0.05, 0.1) is 5.69 Å². The molecule has 0 saturated carbocycles. The Morgan fingerprint density at radius 1 is 0.657 bits per heavy atom. The van der Waals surface area contributed by atoms with E-state index in [1.54, 1.807) is 0 Å². The number of anilines is 3. The van der Waals surface area contributed by atoms with Crippen molar-refractivity contribution in [1.29, 1.82) is 0 Å². The molecular formula is C29H27N5Pt. The van der Waals surface area contributed by atoms with Gasteiger partial charge in [-0.15, -0.1) is 12.1 Å². The molecule has 3 aromatic carbocycles. The van der Waals surface area contributed by atoms with Crippen LogP contribution < -0.4 is 4.90 Å². The Hall–Kier alpha value is -3.43. The number of hydrogen-bond donors (Lipinski definition) is 0. The third-order valence-corrected chi connectivity index (χ3v) is 5.91. The van der Waals surface area contributed by atoms with Crippen LogP contribution in [0, 0.1) is 46.8 Å². The maximum absolute atomic E-state index is 5.00. The van der Waals surface area contributed by atoms with Gasteiger partial charge in [0.1, 0.15) is 0 Å². The molecule has 0 aliphatic rings. The van der Waals surface area contributed by atoms with Gasteiger partial charge >= 0.3 is 21.1 Å². The van der Waals surface area contributed by atoms with Crippen molar-refractivity contribution in [3.05, 3.63) is 113 Å². The first kappa shape index (κ1) is 24.7. The minimum atomic E-state index is 0. The Morgan fingerprint density at radius 2 is 1.11 bits per heavy atom. The minimum Gasteiger partial charge on any atom is -0.275 e. The summed E-state index contributed by atoms with van der Waals surface area (Å²) in [5, 5.41) is 10.0. The standard InChI is InChI=1S/C29H27N5.Pt/c1-20-16-21(2)29(22(3)17-20)32(27-18-23(4)33(30-27)25-12-8-6-9-13-25)28-19-24(5)34(31-28)26-14-10-7-11-15-26;/h6-12,14,16-19H,1-5H3;/q-2;+2. The predicted octanol–water partition coefficient (Wildman–Crippen LogP) is 6.67. The summed E-state index contributed by atoms with van der Waals surface area (Å²) in [6.45, 7) is 10.5. The molecular weight excluding hydrogens is 613 g/mol. The Balaban J connectivity index is 0.00000289. The fourth-order valence-electron chi connectivity index (χ4n) is 4.53. The molecule has 2 aromatic heterocycles. The van der Waals surface area contributed by atoms with Crippen LogP contribution in [0.1, 0.15) is 28.1 Å². The monoisotopic (exact) mass is 640 g/mol. The number of aryl methyl sites for hydroxylation is 5. The number of rotatable bonds is 5. The van der Waals surface area contributed by atoms with E-state index in [1.165, 1.54) is 16.7 Å². The smallest absolute Gasteiger partial charge is 0.275 e. The van der Waals surface area contributed by atoms with E-state index in [1.807, 2.05) is 57.9 Å². The molecule has 0 atom stereocenters. The van der Waals surface area contributed by atoms with Crippen molar-refractivity contribution < 1.29 is 21.1 Å². The van der Waals surface area contributed by atoms with Gasteiger partial charge in [-0.25, -0.2) is 0 Å². The second kappa shape index (κ2) is 10.0. The molecule has 0 fully saturated rings. The van der Waals surface area contributed by atoms with E-state index < -0.39 is 0 Å². The zero-order chi connectivity index (χ0) is 23.8. The van der Waals surface area contributed by atoms with Gasteiger partial charge in [-0.2, -0.15) is 58.7 Å². The summed E-state index contributed by atoms with van der Waals surface area (Å²) in [6.07, 6.45) is 0. The van der Waals surface area contributed by atoms with E-state index >= 15 is 0 Å². The van der Waals surface area contributed by atoms with Gasteiger partial charge in [0, 0.05) is 23.5 Å². The number of nitrogens with zero attached hydrogens (tertiary/aromatic N) is 5. The Labute approximate surface area is 221 Å². The third-order valence-electron chi connectivity index (χ3n) is 5.91. The van der Waals surface area contributed by atoms with Gasteiger partial charge in [-0.1, -0.05) is 17.7 Å². The number of benzene rings is 3. The summed E-state index contributed by atoms with van der Waals surface area (Å²) < 4.78 is 3.85. The second-order valence-corrected chi connectivity index (χ2v) is 8.69. The van der Waals surface area contributed by atoms with Gasteiger partial charge in [-0.3, -0.25) is 14.3 Å². The zero-order valence-electron chi connectivity index (χ0n) is 20.5. The SMILES string of the molecule is Cc1cc(C)c(N(c2cc(C)n(-c3[c-]cccc3)n2)c2cc(C)n(-c3[c-]cccc3)n2)c(C)c1.[Pt+2]. The maximum Gasteiger partial charge on any atom is 2.00 e. The normalized spacial score (nSPS) is 10.8. The summed E-state index contributed by atoms with van der Waals surface area (Å²) in [6, 6.07) is 30.9. The van der Waals surface area contributed by atoms with E-state index in [-0.39, 0.29) is 21.1 Å². The van der Waals surface area contributed by atoms with E-state index in [2.05, 4.69) is 75.9 Å². The average molecular weight is 641 g/mol. The fourth-order valence-corrected chi connectivity index (χ4v) is 4.53. The average Bonchev–Trinajstić information content (AvgIpc) is 3.39. The molecule has 5 rings (SSSR count). The molecule has 0 bridgehead atoms. The molecule has 0 aliphatic carbocycles. The van der Waals surface area contributed by atoms with Gasteiger partial charge in [0.2, 0.25) is 0 Å². The van der Waals surface area contributed by atoms with Crippen molar-refractivity contribution in [2.24, 2.45) is 0 Å². The van der Waals surface area contributed by atoms with Gasteiger partial charge in [0.15, 0.2) is 11.6 Å². The van der Waals surface area contributed by atoms with Gasteiger partial charge in [0.25, 0.3) is 0 Å². The molecule has 178 valence electrons. The molecule has 0 aliphatic heterocycles. The summed E-state index contributed by atoms with van der Waals surface area (Å²) in [5.74, 6) is 1.62. The van der Waals surface area contributed by atoms with Crippen LogP contribution >= 0.6 is 0 Å². The van der Waals surface area contributed by atoms with Gasteiger partial charge in [-0.05, 0) is 57.1 Å². The third kappa shape index (κ3) is 4.74. The van der Waals surface area contributed by atoms with Crippen LogP contribution in [-0.2, 0) is 21.1 Å². The van der Waals surface area contributed by atoms with E-state index in [0.717, 1.165) is 40.1 Å². The van der Waals surface area contributed by atoms with Crippen molar-refractivity contribution in [2.45, 2.75) is 34.6 Å². The first-order valence-corrected chi connectivity index (χ1v) is 11.4. The van der Waals surface area contributed by atoms with Crippen molar-refractivity contribution >= 4 is 17.3 Å². The number of hydrogen-bond acceptors (Lipinski definition) is 3. The van der Waals surface area contributed by atoms with E-state index in [0.29, 0.717) is 0 Å². The molecule has 35 heavy (non-hydrogen) atoms. The van der Waals surface area contributed by atoms with Crippen LogP contribution in [0.25, 0.3) is 11.4 Å². The quantitative estimate of drug-likeness (QED) is 0.202. The fraction of sp³-hybridized carbons (Fsp3) is 0.172. The van der Waals surface area contributed by atoms with E-state index in [4.69, 9.17) is 10.2 Å². The first-order chi connectivity index (χ1) is 16.4. The molecule has 5 aromatic rings. The maximum atomic E-state index is 5.00. The van der Waals surface area contributed by atoms with Crippen molar-refractivity contribution in [1.82, 2.24) is 19.6 Å². The van der Waals surface area contributed by atoms with Crippen LogP contribution in [0.15, 0.2) is 72.8 Å². The minimum absolute atomic E-state index is 0. The van der Waals surface area contributed by atoms with E-state index in [9.17, 15) is 0 Å². The van der Waals surface area contributed by atoms with Crippen LogP contribution in [-0.4, -0.2) is 19.6 Å². The van der Waals surface area contributed by atoms with Crippen LogP contribution in [0.4, 0.5) is 17.3 Å². The molecule has 0 radical (unpaired) electrons. The molecule has 2 heterocycles. The number of para-hydroxylation sites is 2. The van der Waals surface area contributed by atoms with Crippen LogP contribution in [0.2, 0.25) is 0 Å². The Kier molecular flexibility index (Phi) is 7.09. The first-order valence-electron chi connectivity index (χ1n) is 11.4. The Bertz CT molecular complexity index is 1340. The van der Waals surface area contributed by atoms with Gasteiger partial charge < -0.3 is 0 Å². The summed E-state index contributed by atoms with van der Waals surface area (Å²) >= 11 is 0. The van der Waals surface area contributed by atoms with Crippen molar-refractivity contribution in [2.75, 3.05) is 4.90 Å². The molecule has 0 saturated heterocycles. The molecule has 0 N–H and O–H groups in total. The second-order valence-electron chi connectivity index (χ2n) is 8.69. The largest absolute Gasteiger partial charge is 2.00 e. The number of aromatic nitrogens is 4. The molecule has 0 amide bonds. The van der Waals surface area contributed by atoms with Crippen LogP contribution in [0.3, 0.4) is 0 Å². The molecule has 0 unspecified atom stereocenters.